The van der Waals surface area contributed by atoms with Crippen molar-refractivity contribution in [1.82, 2.24) is 4.57 Å². The molecule has 0 fully saturated rings. The molecule has 0 aliphatic carbocycles. The number of hydrogen-bond donors (Lipinski definition) is 1. The Balaban J connectivity index is 2.90. The molecule has 1 unspecified atom stereocenters. The number of imidazole rings is 1. The van der Waals surface area contributed by atoms with Crippen molar-refractivity contribution < 1.29 is 14.7 Å². The second-order valence-corrected chi connectivity index (χ2v) is 3.30. The average Bonchev–Trinajstić information content (AvgIpc) is 2.50. The lowest BCUT2D eigenvalue weighted by Crippen LogP contribution is -2.33. The van der Waals surface area contributed by atoms with Crippen LogP contribution < -0.4 is 4.57 Å². The molecule has 7 nitrogen and oxygen atoms in total. The molecular weight excluding hydrogens is 200 g/mol. The van der Waals surface area contributed by atoms with E-state index in [2.05, 4.69) is 5.16 Å². The van der Waals surface area contributed by atoms with Gasteiger partial charge in [0.2, 0.25) is 6.04 Å². The predicted molar refractivity (Wildman–Crippen MR) is 51.4 cm³/mol. The molecule has 0 spiro atoms. The van der Waals surface area contributed by atoms with E-state index in [4.69, 9.17) is 5.21 Å². The van der Waals surface area contributed by atoms with Gasteiger partial charge in [-0.25, -0.2) is 9.13 Å². The Kier molecular flexibility index (Phi) is 3.37. The molecule has 0 radical (unpaired) electrons. The maximum absolute atomic E-state index is 10.5. The third-order valence-electron chi connectivity index (χ3n) is 2.12. The summed E-state index contributed by atoms with van der Waals surface area (Å²) in [7, 11) is 1.77. The molecule has 82 valence electrons. The largest absolute Gasteiger partial charge is 0.411 e. The van der Waals surface area contributed by atoms with E-state index in [9.17, 15) is 10.1 Å². The van der Waals surface area contributed by atoms with Crippen LogP contribution in [0, 0.1) is 10.1 Å². The van der Waals surface area contributed by atoms with Gasteiger partial charge in [0, 0.05) is 11.8 Å². The predicted octanol–water partition coefficient (Wildman–Crippen LogP) is -0.214. The van der Waals surface area contributed by atoms with E-state index in [1.807, 2.05) is 0 Å². The van der Waals surface area contributed by atoms with Gasteiger partial charge in [-0.15, -0.1) is 0 Å². The summed E-state index contributed by atoms with van der Waals surface area (Å²) in [6.07, 6.45) is 4.69. The van der Waals surface area contributed by atoms with Gasteiger partial charge < -0.3 is 5.21 Å². The quantitative estimate of drug-likeness (QED) is 0.247. The lowest BCUT2D eigenvalue weighted by atomic mass is 10.3. The number of rotatable bonds is 4. The molecule has 0 saturated carbocycles. The maximum atomic E-state index is 10.5. The molecule has 1 heterocycles. The van der Waals surface area contributed by atoms with Gasteiger partial charge in [0.1, 0.15) is 12.4 Å². The summed E-state index contributed by atoms with van der Waals surface area (Å²) in [4.78, 5) is 10.1. The van der Waals surface area contributed by atoms with Crippen LogP contribution in [-0.4, -0.2) is 27.0 Å². The zero-order chi connectivity index (χ0) is 11.4. The molecule has 0 saturated heterocycles. The summed E-state index contributed by atoms with van der Waals surface area (Å²) < 4.78 is 3.37. The Morgan fingerprint density at radius 3 is 3.07 bits per heavy atom. The van der Waals surface area contributed by atoms with Gasteiger partial charge >= 0.3 is 5.82 Å². The van der Waals surface area contributed by atoms with Crippen molar-refractivity contribution in [2.45, 2.75) is 19.5 Å². The lowest BCUT2D eigenvalue weighted by molar-refractivity contribution is -0.672. The van der Waals surface area contributed by atoms with Crippen LogP contribution in [0.5, 0.6) is 0 Å². The monoisotopic (exact) mass is 213 g/mol. The van der Waals surface area contributed by atoms with Crippen molar-refractivity contribution in [3.63, 3.8) is 0 Å². The van der Waals surface area contributed by atoms with Crippen LogP contribution in [0.1, 0.15) is 12.7 Å². The summed E-state index contributed by atoms with van der Waals surface area (Å²) in [6.45, 7) is 1.77. The topological polar surface area (TPSA) is 84.5 Å². The second kappa shape index (κ2) is 4.54. The van der Waals surface area contributed by atoms with E-state index in [0.29, 0.717) is 5.82 Å². The third-order valence-corrected chi connectivity index (χ3v) is 2.12. The fourth-order valence-electron chi connectivity index (χ4n) is 1.26. The molecule has 1 aromatic rings. The Bertz CT molecular complexity index is 385. The van der Waals surface area contributed by atoms with Crippen LogP contribution in [-0.2, 0) is 13.6 Å². The summed E-state index contributed by atoms with van der Waals surface area (Å²) in [5.74, 6) is 0.603. The van der Waals surface area contributed by atoms with E-state index >= 15 is 0 Å². The van der Waals surface area contributed by atoms with Crippen molar-refractivity contribution in [3.8, 4) is 0 Å². The molecule has 0 amide bonds. The summed E-state index contributed by atoms with van der Waals surface area (Å²) in [5, 5.41) is 21.8. The highest BCUT2D eigenvalue weighted by atomic mass is 16.6. The zero-order valence-electron chi connectivity index (χ0n) is 8.57. The van der Waals surface area contributed by atoms with Crippen molar-refractivity contribution in [2.75, 3.05) is 0 Å². The molecule has 0 aliphatic rings. The molecule has 0 bridgehead atoms. The normalized spacial score (nSPS) is 13.2. The van der Waals surface area contributed by atoms with Crippen molar-refractivity contribution in [2.24, 2.45) is 12.2 Å². The highest BCUT2D eigenvalue weighted by Gasteiger charge is 2.21. The van der Waals surface area contributed by atoms with Crippen molar-refractivity contribution in [1.29, 1.82) is 0 Å². The van der Waals surface area contributed by atoms with Crippen molar-refractivity contribution in [3.05, 3.63) is 28.3 Å². The Labute approximate surface area is 86.4 Å². The molecule has 1 rings (SSSR count). The number of aromatic nitrogens is 2. The van der Waals surface area contributed by atoms with Crippen LogP contribution in [0.15, 0.2) is 17.5 Å². The van der Waals surface area contributed by atoms with Gasteiger partial charge in [0.05, 0.1) is 7.05 Å². The molecule has 1 N–H and O–H groups in total. The van der Waals surface area contributed by atoms with E-state index in [-0.39, 0.29) is 11.5 Å². The Morgan fingerprint density at radius 2 is 2.53 bits per heavy atom. The molecule has 15 heavy (non-hydrogen) atoms. The number of aryl methyl sites for hydroxylation is 1. The van der Waals surface area contributed by atoms with Crippen LogP contribution in [0.3, 0.4) is 0 Å². The first-order chi connectivity index (χ1) is 7.06. The summed E-state index contributed by atoms with van der Waals surface area (Å²) in [6, 6.07) is -0.678. The smallest absolute Gasteiger partial charge is 0.303 e. The minimum atomic E-state index is -0.678. The highest BCUT2D eigenvalue weighted by molar-refractivity contribution is 5.72. The van der Waals surface area contributed by atoms with E-state index in [0.717, 1.165) is 0 Å². The summed E-state index contributed by atoms with van der Waals surface area (Å²) in [5.41, 5.74) is 0. The number of hydrogen-bond acceptors (Lipinski definition) is 4. The number of nitro groups is 1. The van der Waals surface area contributed by atoms with E-state index in [1.54, 1.807) is 28.6 Å². The van der Waals surface area contributed by atoms with Gasteiger partial charge in [-0.3, -0.25) is 10.1 Å². The number of oxime groups is 1. The minimum Gasteiger partial charge on any atom is -0.411 e. The Morgan fingerprint density at radius 1 is 1.87 bits per heavy atom. The zero-order valence-corrected chi connectivity index (χ0v) is 8.57. The first kappa shape index (κ1) is 11.2. The van der Waals surface area contributed by atoms with Crippen LogP contribution in [0.4, 0.5) is 0 Å². The molecule has 0 aliphatic heterocycles. The molecule has 0 aromatic carbocycles. The summed E-state index contributed by atoms with van der Waals surface area (Å²) >= 11 is 0. The van der Waals surface area contributed by atoms with Gasteiger partial charge in [-0.2, -0.15) is 0 Å². The maximum Gasteiger partial charge on any atom is 0.303 e. The third kappa shape index (κ3) is 2.52. The van der Waals surface area contributed by atoms with Gasteiger partial charge in [-0.05, 0) is 0 Å². The minimum absolute atomic E-state index is 0.245. The molecule has 7 heteroatoms. The van der Waals surface area contributed by atoms with E-state index < -0.39 is 6.04 Å². The molecule has 1 atom stereocenters. The molecule has 1 aromatic heterocycles. The Hall–Kier alpha value is -1.92. The van der Waals surface area contributed by atoms with Gasteiger partial charge in [0.25, 0.3) is 0 Å². The fraction of sp³-hybridized carbons (Fsp3) is 0.500. The fourth-order valence-corrected chi connectivity index (χ4v) is 1.26. The lowest BCUT2D eigenvalue weighted by Gasteiger charge is -2.01. The van der Waals surface area contributed by atoms with Crippen LogP contribution in [0.25, 0.3) is 0 Å². The van der Waals surface area contributed by atoms with Crippen molar-refractivity contribution >= 4 is 6.21 Å². The standard InChI is InChI=1S/C8H12N4O3/c1-7(12(14)15)6-11-4-3-10(2)8(11)5-9-13/h3-5,7H,6H2,1-2H3/p+1. The van der Waals surface area contributed by atoms with Gasteiger partial charge in [-0.1, -0.05) is 5.16 Å². The first-order valence-corrected chi connectivity index (χ1v) is 4.42. The molecular formula is C8H13N4O3+. The highest BCUT2D eigenvalue weighted by Crippen LogP contribution is 1.98. The van der Waals surface area contributed by atoms with E-state index in [1.165, 1.54) is 13.1 Å². The average molecular weight is 213 g/mol. The van der Waals surface area contributed by atoms with Crippen LogP contribution in [0.2, 0.25) is 0 Å². The van der Waals surface area contributed by atoms with Crippen LogP contribution >= 0.6 is 0 Å². The number of nitrogens with zero attached hydrogens (tertiary/aromatic N) is 4. The second-order valence-electron chi connectivity index (χ2n) is 3.30. The SMILES string of the molecule is CC(Cn1cc[n+](C)c1/C=N/O)[N+](=O)[O-]. The van der Waals surface area contributed by atoms with Gasteiger partial charge in [0.15, 0.2) is 12.8 Å². The first-order valence-electron chi connectivity index (χ1n) is 4.42.